The van der Waals surface area contributed by atoms with Gasteiger partial charge in [0.2, 0.25) is 0 Å². The molecule has 0 atom stereocenters. The van der Waals surface area contributed by atoms with Gasteiger partial charge in [-0.3, -0.25) is 0 Å². The summed E-state index contributed by atoms with van der Waals surface area (Å²) >= 11 is 1.50. The van der Waals surface area contributed by atoms with Crippen molar-refractivity contribution >= 4 is 17.6 Å². The number of thioether (sulfide) groups is 1. The maximum atomic E-state index is 10.4. The number of rotatable bonds is 3. The van der Waals surface area contributed by atoms with Crippen molar-refractivity contribution in [1.29, 1.82) is 0 Å². The van der Waals surface area contributed by atoms with E-state index in [1.807, 2.05) is 6.92 Å². The van der Waals surface area contributed by atoms with E-state index in [4.69, 9.17) is 5.73 Å². The van der Waals surface area contributed by atoms with Crippen molar-refractivity contribution in [3.05, 3.63) is 11.8 Å². The van der Waals surface area contributed by atoms with Crippen LogP contribution in [0.4, 0.5) is 5.82 Å². The van der Waals surface area contributed by atoms with Gasteiger partial charge >= 0.3 is 0 Å². The third kappa shape index (κ3) is 3.57. The SMILES string of the molecule is Cc1cc(N)nc(SCC2(O)CCCCC2)n1. The lowest BCUT2D eigenvalue weighted by Crippen LogP contribution is -2.34. The molecule has 1 aliphatic carbocycles. The van der Waals surface area contributed by atoms with Gasteiger partial charge in [0.25, 0.3) is 0 Å². The minimum absolute atomic E-state index is 0.496. The van der Waals surface area contributed by atoms with Crippen LogP contribution in [0.5, 0.6) is 0 Å². The minimum atomic E-state index is -0.537. The summed E-state index contributed by atoms with van der Waals surface area (Å²) in [5.74, 6) is 1.16. The van der Waals surface area contributed by atoms with Crippen molar-refractivity contribution in [1.82, 2.24) is 9.97 Å². The van der Waals surface area contributed by atoms with Crippen LogP contribution in [0, 0.1) is 6.92 Å². The molecule has 1 fully saturated rings. The number of aromatic nitrogens is 2. The smallest absolute Gasteiger partial charge is 0.189 e. The second kappa shape index (κ2) is 5.23. The molecular weight excluding hydrogens is 234 g/mol. The summed E-state index contributed by atoms with van der Waals surface area (Å²) in [5, 5.41) is 11.0. The van der Waals surface area contributed by atoms with Crippen LogP contribution in [0.15, 0.2) is 11.2 Å². The molecule has 5 heteroatoms. The van der Waals surface area contributed by atoms with Crippen LogP contribution in [0.2, 0.25) is 0 Å². The molecule has 1 saturated carbocycles. The van der Waals surface area contributed by atoms with E-state index in [2.05, 4.69) is 9.97 Å². The Morgan fingerprint density at radius 3 is 2.71 bits per heavy atom. The molecule has 17 heavy (non-hydrogen) atoms. The van der Waals surface area contributed by atoms with Crippen LogP contribution in [-0.4, -0.2) is 26.4 Å². The van der Waals surface area contributed by atoms with Gasteiger partial charge in [-0.05, 0) is 19.8 Å². The Kier molecular flexibility index (Phi) is 3.89. The normalized spacial score (nSPS) is 19.2. The van der Waals surface area contributed by atoms with E-state index in [0.717, 1.165) is 31.4 Å². The molecule has 0 amide bonds. The van der Waals surface area contributed by atoms with E-state index in [1.165, 1.54) is 18.2 Å². The predicted octanol–water partition coefficient (Wildman–Crippen LogP) is 2.15. The first-order chi connectivity index (χ1) is 8.07. The third-order valence-electron chi connectivity index (χ3n) is 3.11. The molecule has 2 rings (SSSR count). The molecule has 1 aromatic rings. The van der Waals surface area contributed by atoms with Gasteiger partial charge < -0.3 is 10.8 Å². The number of nitrogens with zero attached hydrogens (tertiary/aromatic N) is 2. The summed E-state index contributed by atoms with van der Waals surface area (Å²) in [6.45, 7) is 1.90. The molecule has 4 nitrogen and oxygen atoms in total. The molecule has 0 bridgehead atoms. The lowest BCUT2D eigenvalue weighted by molar-refractivity contribution is 0.0272. The second-order valence-electron chi connectivity index (χ2n) is 4.79. The molecule has 3 N–H and O–H groups in total. The fourth-order valence-electron chi connectivity index (χ4n) is 2.18. The molecule has 0 saturated heterocycles. The number of aliphatic hydroxyl groups is 1. The first kappa shape index (κ1) is 12.6. The summed E-state index contributed by atoms with van der Waals surface area (Å²) in [6, 6.07) is 1.75. The van der Waals surface area contributed by atoms with E-state index in [0.29, 0.717) is 16.7 Å². The van der Waals surface area contributed by atoms with Crippen molar-refractivity contribution in [2.75, 3.05) is 11.5 Å². The van der Waals surface area contributed by atoms with Gasteiger partial charge in [0.1, 0.15) is 5.82 Å². The van der Waals surface area contributed by atoms with Gasteiger partial charge in [-0.2, -0.15) is 0 Å². The average molecular weight is 253 g/mol. The predicted molar refractivity (Wildman–Crippen MR) is 69.9 cm³/mol. The van der Waals surface area contributed by atoms with Crippen LogP contribution >= 0.6 is 11.8 Å². The molecule has 1 heterocycles. The van der Waals surface area contributed by atoms with Gasteiger partial charge in [0.15, 0.2) is 5.16 Å². The highest BCUT2D eigenvalue weighted by atomic mass is 32.2. The Hall–Kier alpha value is -0.810. The van der Waals surface area contributed by atoms with Gasteiger partial charge in [-0.15, -0.1) is 0 Å². The quantitative estimate of drug-likeness (QED) is 0.638. The van der Waals surface area contributed by atoms with E-state index in [9.17, 15) is 5.11 Å². The topological polar surface area (TPSA) is 72.0 Å². The number of anilines is 1. The van der Waals surface area contributed by atoms with Crippen LogP contribution in [0.25, 0.3) is 0 Å². The monoisotopic (exact) mass is 253 g/mol. The number of nitrogens with two attached hydrogens (primary N) is 1. The zero-order valence-electron chi connectivity index (χ0n) is 10.1. The molecule has 1 aromatic heterocycles. The minimum Gasteiger partial charge on any atom is -0.389 e. The zero-order valence-corrected chi connectivity index (χ0v) is 11.0. The van der Waals surface area contributed by atoms with Crippen molar-refractivity contribution in [2.45, 2.75) is 49.8 Å². The Morgan fingerprint density at radius 2 is 2.06 bits per heavy atom. The van der Waals surface area contributed by atoms with E-state index in [1.54, 1.807) is 6.07 Å². The largest absolute Gasteiger partial charge is 0.389 e. The van der Waals surface area contributed by atoms with Crippen LogP contribution < -0.4 is 5.73 Å². The molecular formula is C12H19N3OS. The highest BCUT2D eigenvalue weighted by molar-refractivity contribution is 7.99. The molecule has 0 aromatic carbocycles. The highest BCUT2D eigenvalue weighted by Gasteiger charge is 2.29. The third-order valence-corrected chi connectivity index (χ3v) is 4.23. The molecule has 0 radical (unpaired) electrons. The Bertz CT molecular complexity index is 371. The van der Waals surface area contributed by atoms with Crippen molar-refractivity contribution < 1.29 is 5.11 Å². The number of hydrogen-bond acceptors (Lipinski definition) is 5. The maximum Gasteiger partial charge on any atom is 0.189 e. The van der Waals surface area contributed by atoms with Gasteiger partial charge in [-0.1, -0.05) is 31.0 Å². The summed E-state index contributed by atoms with van der Waals surface area (Å²) in [6.07, 6.45) is 5.26. The van der Waals surface area contributed by atoms with Crippen molar-refractivity contribution in [3.63, 3.8) is 0 Å². The number of aryl methyl sites for hydroxylation is 1. The van der Waals surface area contributed by atoms with Gasteiger partial charge in [0, 0.05) is 17.5 Å². The lowest BCUT2D eigenvalue weighted by atomic mass is 9.86. The van der Waals surface area contributed by atoms with E-state index in [-0.39, 0.29) is 0 Å². The Balaban J connectivity index is 1.96. The fourth-order valence-corrected chi connectivity index (χ4v) is 3.25. The van der Waals surface area contributed by atoms with Crippen LogP contribution in [0.3, 0.4) is 0 Å². The molecule has 1 aliphatic rings. The Morgan fingerprint density at radius 1 is 1.35 bits per heavy atom. The van der Waals surface area contributed by atoms with Crippen LogP contribution in [0.1, 0.15) is 37.8 Å². The second-order valence-corrected chi connectivity index (χ2v) is 5.73. The maximum absolute atomic E-state index is 10.4. The average Bonchev–Trinajstić information content (AvgIpc) is 2.26. The molecule has 0 aliphatic heterocycles. The molecule has 0 spiro atoms. The van der Waals surface area contributed by atoms with Crippen molar-refractivity contribution in [2.24, 2.45) is 0 Å². The Labute approximate surface area is 106 Å². The van der Waals surface area contributed by atoms with Gasteiger partial charge in [0.05, 0.1) is 5.60 Å². The van der Waals surface area contributed by atoms with E-state index >= 15 is 0 Å². The summed E-state index contributed by atoms with van der Waals surface area (Å²) in [4.78, 5) is 8.48. The van der Waals surface area contributed by atoms with Gasteiger partial charge in [-0.25, -0.2) is 9.97 Å². The standard InChI is InChI=1S/C12H19N3OS/c1-9-7-10(13)15-11(14-9)17-8-12(16)5-3-2-4-6-12/h7,16H,2-6,8H2,1H3,(H2,13,14,15). The summed E-state index contributed by atoms with van der Waals surface area (Å²) in [5.41, 5.74) is 6.01. The number of nitrogen functional groups attached to an aromatic ring is 1. The molecule has 0 unspecified atom stereocenters. The fraction of sp³-hybridized carbons (Fsp3) is 0.667. The first-order valence-corrected chi connectivity index (χ1v) is 7.02. The summed E-state index contributed by atoms with van der Waals surface area (Å²) in [7, 11) is 0. The van der Waals surface area contributed by atoms with E-state index < -0.39 is 5.60 Å². The highest BCUT2D eigenvalue weighted by Crippen LogP contribution is 2.32. The summed E-state index contributed by atoms with van der Waals surface area (Å²) < 4.78 is 0. The molecule has 94 valence electrons. The van der Waals surface area contributed by atoms with Crippen molar-refractivity contribution in [3.8, 4) is 0 Å². The lowest BCUT2D eigenvalue weighted by Gasteiger charge is -2.31. The number of hydrogen-bond donors (Lipinski definition) is 2. The zero-order chi connectivity index (χ0) is 12.3. The van der Waals surface area contributed by atoms with Crippen LogP contribution in [-0.2, 0) is 0 Å². The first-order valence-electron chi connectivity index (χ1n) is 6.04.